The topological polar surface area (TPSA) is 57.5 Å². The van der Waals surface area contributed by atoms with Crippen LogP contribution in [0, 0.1) is 11.3 Å². The van der Waals surface area contributed by atoms with Gasteiger partial charge in [0.15, 0.2) is 0 Å². The van der Waals surface area contributed by atoms with Gasteiger partial charge in [-0.15, -0.1) is 0 Å². The molecule has 0 bridgehead atoms. The van der Waals surface area contributed by atoms with Gasteiger partial charge in [-0.3, -0.25) is 4.79 Å². The van der Waals surface area contributed by atoms with Crippen molar-refractivity contribution in [2.45, 2.75) is 64.9 Å². The van der Waals surface area contributed by atoms with Gasteiger partial charge in [-0.2, -0.15) is 0 Å². The lowest BCUT2D eigenvalue weighted by Gasteiger charge is -2.31. The molecule has 1 saturated carbocycles. The number of unbranched alkanes of at least 4 members (excludes halogenated alkanes) is 2. The molecule has 3 heteroatoms. The number of carboxylic acids is 1. The van der Waals surface area contributed by atoms with Crippen molar-refractivity contribution >= 4 is 5.97 Å². The third kappa shape index (κ3) is 3.21. The molecule has 0 saturated heterocycles. The van der Waals surface area contributed by atoms with Crippen LogP contribution in [0.2, 0.25) is 0 Å². The van der Waals surface area contributed by atoms with E-state index < -0.39 is 5.97 Å². The van der Waals surface area contributed by atoms with E-state index in [0.29, 0.717) is 0 Å². The minimum atomic E-state index is -0.739. The summed E-state index contributed by atoms with van der Waals surface area (Å²) < 4.78 is 0. The molecule has 0 spiro atoms. The molecular weight excluding hydrogens is 204 g/mol. The molecule has 2 N–H and O–H groups in total. The summed E-state index contributed by atoms with van der Waals surface area (Å²) in [6, 6.07) is 0. The summed E-state index contributed by atoms with van der Waals surface area (Å²) in [5.41, 5.74) is -0.195. The Morgan fingerprint density at radius 1 is 1.44 bits per heavy atom. The zero-order chi connectivity index (χ0) is 12.2. The van der Waals surface area contributed by atoms with E-state index in [9.17, 15) is 9.90 Å². The predicted octanol–water partition coefficient (Wildman–Crippen LogP) is 2.82. The molecule has 0 heterocycles. The van der Waals surface area contributed by atoms with Crippen LogP contribution >= 0.6 is 0 Å². The first-order valence-electron chi connectivity index (χ1n) is 6.39. The zero-order valence-corrected chi connectivity index (χ0v) is 10.4. The van der Waals surface area contributed by atoms with Crippen molar-refractivity contribution in [1.29, 1.82) is 0 Å². The minimum Gasteiger partial charge on any atom is -0.481 e. The highest BCUT2D eigenvalue weighted by Crippen LogP contribution is 2.48. The fourth-order valence-electron chi connectivity index (χ4n) is 3.05. The van der Waals surface area contributed by atoms with Crippen molar-refractivity contribution < 1.29 is 15.0 Å². The van der Waals surface area contributed by atoms with Crippen LogP contribution in [0.25, 0.3) is 0 Å². The van der Waals surface area contributed by atoms with E-state index in [1.807, 2.05) is 6.92 Å². The molecule has 3 nitrogen and oxygen atoms in total. The van der Waals surface area contributed by atoms with Crippen molar-refractivity contribution in [2.75, 3.05) is 0 Å². The lowest BCUT2D eigenvalue weighted by molar-refractivity contribution is -0.140. The highest BCUT2D eigenvalue weighted by atomic mass is 16.4. The molecule has 0 amide bonds. The average Bonchev–Trinajstić information content (AvgIpc) is 2.44. The van der Waals surface area contributed by atoms with Gasteiger partial charge in [-0.1, -0.05) is 33.1 Å². The third-order valence-corrected chi connectivity index (χ3v) is 4.04. The van der Waals surface area contributed by atoms with Crippen LogP contribution in [0.15, 0.2) is 0 Å². The molecule has 3 unspecified atom stereocenters. The maximum absolute atomic E-state index is 10.9. The standard InChI is InChI=1S/C13H24O3/c1-3-4-5-6-10-11(14)7-8-13(10,2)9-12(15)16/h10-11,14H,3-9H2,1-2H3,(H,15,16). The second-order valence-corrected chi connectivity index (χ2v) is 5.43. The number of rotatable bonds is 6. The molecular formula is C13H24O3. The van der Waals surface area contributed by atoms with E-state index >= 15 is 0 Å². The van der Waals surface area contributed by atoms with Crippen molar-refractivity contribution in [2.24, 2.45) is 11.3 Å². The lowest BCUT2D eigenvalue weighted by Crippen LogP contribution is -2.30. The maximum atomic E-state index is 10.9. The molecule has 3 atom stereocenters. The molecule has 1 rings (SSSR count). The Hall–Kier alpha value is -0.570. The normalized spacial score (nSPS) is 34.2. The zero-order valence-electron chi connectivity index (χ0n) is 10.4. The number of carbonyl (C=O) groups is 1. The maximum Gasteiger partial charge on any atom is 0.303 e. The van der Waals surface area contributed by atoms with E-state index in [0.717, 1.165) is 25.7 Å². The number of hydrogen-bond acceptors (Lipinski definition) is 2. The molecule has 0 aromatic heterocycles. The van der Waals surface area contributed by atoms with Gasteiger partial charge in [-0.25, -0.2) is 0 Å². The molecule has 1 aliphatic rings. The lowest BCUT2D eigenvalue weighted by atomic mass is 9.74. The molecule has 0 aromatic rings. The Labute approximate surface area is 97.9 Å². The number of aliphatic hydroxyl groups is 1. The average molecular weight is 228 g/mol. The van der Waals surface area contributed by atoms with Gasteiger partial charge in [0, 0.05) is 0 Å². The third-order valence-electron chi connectivity index (χ3n) is 4.04. The predicted molar refractivity (Wildman–Crippen MR) is 63.2 cm³/mol. The van der Waals surface area contributed by atoms with Crippen LogP contribution in [0.1, 0.15) is 58.8 Å². The van der Waals surface area contributed by atoms with Gasteiger partial charge in [0.05, 0.1) is 12.5 Å². The highest BCUT2D eigenvalue weighted by Gasteiger charge is 2.44. The molecule has 0 aliphatic heterocycles. The summed E-state index contributed by atoms with van der Waals surface area (Å²) >= 11 is 0. The van der Waals surface area contributed by atoms with E-state index in [4.69, 9.17) is 5.11 Å². The van der Waals surface area contributed by atoms with Gasteiger partial charge in [0.25, 0.3) is 0 Å². The number of aliphatic hydroxyl groups excluding tert-OH is 1. The summed E-state index contributed by atoms with van der Waals surface area (Å²) in [6.07, 6.45) is 5.93. The van der Waals surface area contributed by atoms with Crippen LogP contribution in [0.3, 0.4) is 0 Å². The number of hydrogen-bond donors (Lipinski definition) is 2. The summed E-state index contributed by atoms with van der Waals surface area (Å²) in [4.78, 5) is 10.9. The van der Waals surface area contributed by atoms with Crippen molar-refractivity contribution in [3.8, 4) is 0 Å². The van der Waals surface area contributed by atoms with E-state index in [1.165, 1.54) is 12.8 Å². The first kappa shape index (κ1) is 13.5. The molecule has 1 fully saturated rings. The summed E-state index contributed by atoms with van der Waals surface area (Å²) in [6.45, 7) is 4.18. The summed E-state index contributed by atoms with van der Waals surface area (Å²) in [7, 11) is 0. The van der Waals surface area contributed by atoms with Crippen LogP contribution in [-0.4, -0.2) is 22.3 Å². The fourth-order valence-corrected chi connectivity index (χ4v) is 3.05. The molecule has 16 heavy (non-hydrogen) atoms. The van der Waals surface area contributed by atoms with Crippen LogP contribution < -0.4 is 0 Å². The van der Waals surface area contributed by atoms with Crippen LogP contribution in [0.5, 0.6) is 0 Å². The Morgan fingerprint density at radius 2 is 2.12 bits per heavy atom. The smallest absolute Gasteiger partial charge is 0.303 e. The van der Waals surface area contributed by atoms with Gasteiger partial charge in [0.2, 0.25) is 0 Å². The Morgan fingerprint density at radius 3 is 2.69 bits per heavy atom. The van der Waals surface area contributed by atoms with Crippen molar-refractivity contribution in [3.05, 3.63) is 0 Å². The van der Waals surface area contributed by atoms with E-state index in [1.54, 1.807) is 0 Å². The van der Waals surface area contributed by atoms with Crippen LogP contribution in [0.4, 0.5) is 0 Å². The Balaban J connectivity index is 2.57. The second-order valence-electron chi connectivity index (χ2n) is 5.43. The van der Waals surface area contributed by atoms with Crippen molar-refractivity contribution in [1.82, 2.24) is 0 Å². The SMILES string of the molecule is CCCCCC1C(O)CCC1(C)CC(=O)O. The van der Waals surface area contributed by atoms with E-state index in [-0.39, 0.29) is 23.9 Å². The first-order valence-corrected chi connectivity index (χ1v) is 6.39. The molecule has 94 valence electrons. The molecule has 1 aliphatic carbocycles. The van der Waals surface area contributed by atoms with Crippen molar-refractivity contribution in [3.63, 3.8) is 0 Å². The molecule has 0 aromatic carbocycles. The Kier molecular flexibility index (Phi) is 4.78. The number of carboxylic acid groups (broad SMARTS) is 1. The first-order chi connectivity index (χ1) is 7.49. The van der Waals surface area contributed by atoms with Gasteiger partial charge in [-0.05, 0) is 30.6 Å². The van der Waals surface area contributed by atoms with Gasteiger partial charge in [0.1, 0.15) is 0 Å². The summed E-state index contributed by atoms with van der Waals surface area (Å²) in [5.74, 6) is -0.563. The number of aliphatic carboxylic acids is 1. The van der Waals surface area contributed by atoms with Gasteiger partial charge < -0.3 is 10.2 Å². The summed E-state index contributed by atoms with van der Waals surface area (Å²) in [5, 5.41) is 18.9. The monoisotopic (exact) mass is 228 g/mol. The largest absolute Gasteiger partial charge is 0.481 e. The second kappa shape index (κ2) is 5.67. The van der Waals surface area contributed by atoms with Crippen LogP contribution in [-0.2, 0) is 4.79 Å². The fraction of sp³-hybridized carbons (Fsp3) is 0.923. The molecule has 0 radical (unpaired) electrons. The quantitative estimate of drug-likeness (QED) is 0.687. The highest BCUT2D eigenvalue weighted by molar-refractivity contribution is 5.67. The van der Waals surface area contributed by atoms with Gasteiger partial charge >= 0.3 is 5.97 Å². The van der Waals surface area contributed by atoms with E-state index in [2.05, 4.69) is 6.92 Å². The Bertz CT molecular complexity index is 239. The minimum absolute atomic E-state index is 0.176.